The number of allylic oxidation sites excluding steroid dienone is 1. The number of piperidine rings is 1. The van der Waals surface area contributed by atoms with E-state index in [9.17, 15) is 0 Å². The molecule has 0 spiro atoms. The average Bonchev–Trinajstić information content (AvgIpc) is 2.84. The maximum Gasteiger partial charge on any atom is 0.236 e. The summed E-state index contributed by atoms with van der Waals surface area (Å²) in [7, 11) is 1.65. The van der Waals surface area contributed by atoms with E-state index >= 15 is 0 Å². The Morgan fingerprint density at radius 1 is 1.00 bits per heavy atom. The van der Waals surface area contributed by atoms with Crippen LogP contribution < -0.4 is 9.47 Å². The van der Waals surface area contributed by atoms with Crippen molar-refractivity contribution in [2.45, 2.75) is 51.5 Å². The molecule has 0 amide bonds. The van der Waals surface area contributed by atoms with E-state index in [-0.39, 0.29) is 0 Å². The van der Waals surface area contributed by atoms with Crippen molar-refractivity contribution in [2.24, 2.45) is 11.8 Å². The van der Waals surface area contributed by atoms with Gasteiger partial charge in [-0.25, -0.2) is 4.98 Å². The Labute approximate surface area is 186 Å². The number of nitrogens with zero attached hydrogens (tertiary/aromatic N) is 3. The summed E-state index contributed by atoms with van der Waals surface area (Å²) in [5.74, 6) is 2.99. The van der Waals surface area contributed by atoms with Crippen molar-refractivity contribution in [3.8, 4) is 11.6 Å². The molecule has 5 nitrogen and oxygen atoms in total. The minimum absolute atomic E-state index is 0.603. The Hall–Kier alpha value is -2.40. The van der Waals surface area contributed by atoms with Crippen molar-refractivity contribution in [3.05, 3.63) is 54.0 Å². The Balaban J connectivity index is 1.28. The van der Waals surface area contributed by atoms with Crippen molar-refractivity contribution in [1.29, 1.82) is 0 Å². The summed E-state index contributed by atoms with van der Waals surface area (Å²) < 4.78 is 11.6. The van der Waals surface area contributed by atoms with Gasteiger partial charge in [0.25, 0.3) is 0 Å². The SMILES string of the molecule is COc1nccnc1CN1CCC(/C=C/c2ccccc2OCC2CCCCC2)CC1. The molecule has 2 fully saturated rings. The van der Waals surface area contributed by atoms with Crippen LogP contribution in [0, 0.1) is 11.8 Å². The molecule has 4 rings (SSSR count). The number of ether oxygens (including phenoxy) is 2. The second-order valence-corrected chi connectivity index (χ2v) is 8.84. The fourth-order valence-electron chi connectivity index (χ4n) is 4.70. The minimum atomic E-state index is 0.603. The van der Waals surface area contributed by atoms with Crippen LogP contribution in [0.25, 0.3) is 6.08 Å². The molecule has 5 heteroatoms. The van der Waals surface area contributed by atoms with E-state index in [0.717, 1.165) is 56.4 Å². The van der Waals surface area contributed by atoms with Gasteiger partial charge in [0.1, 0.15) is 11.4 Å². The molecule has 1 saturated carbocycles. The summed E-state index contributed by atoms with van der Waals surface area (Å²) in [4.78, 5) is 11.1. The van der Waals surface area contributed by atoms with E-state index in [1.807, 2.05) is 0 Å². The highest BCUT2D eigenvalue weighted by molar-refractivity contribution is 5.57. The van der Waals surface area contributed by atoms with Crippen molar-refractivity contribution >= 4 is 6.08 Å². The number of methoxy groups -OCH3 is 1. The molecule has 0 unspecified atom stereocenters. The molecule has 2 aromatic rings. The summed E-state index contributed by atoms with van der Waals surface area (Å²) in [6.07, 6.45) is 17.1. The standard InChI is InChI=1S/C26H35N3O2/c1-30-26-24(27-15-16-28-26)19-29-17-13-21(14-18-29)11-12-23-9-5-6-10-25(23)31-20-22-7-3-2-4-8-22/h5-6,9-12,15-16,21-22H,2-4,7-8,13-14,17-20H2,1H3/b12-11+. The van der Waals surface area contributed by atoms with Crippen LogP contribution >= 0.6 is 0 Å². The van der Waals surface area contributed by atoms with Crippen LogP contribution in [0.3, 0.4) is 0 Å². The topological polar surface area (TPSA) is 47.5 Å². The van der Waals surface area contributed by atoms with Gasteiger partial charge in [-0.05, 0) is 56.7 Å². The molecule has 2 heterocycles. The van der Waals surface area contributed by atoms with Gasteiger partial charge in [-0.15, -0.1) is 0 Å². The lowest BCUT2D eigenvalue weighted by Crippen LogP contribution is -2.33. The lowest BCUT2D eigenvalue weighted by molar-refractivity contribution is 0.191. The first-order valence-electron chi connectivity index (χ1n) is 11.8. The highest BCUT2D eigenvalue weighted by Gasteiger charge is 2.20. The average molecular weight is 422 g/mol. The molecular weight excluding hydrogens is 386 g/mol. The number of likely N-dealkylation sites (tertiary alicyclic amines) is 1. The van der Waals surface area contributed by atoms with Gasteiger partial charge in [0, 0.05) is 24.5 Å². The normalized spacial score (nSPS) is 19.0. The van der Waals surface area contributed by atoms with E-state index in [1.165, 1.54) is 37.7 Å². The largest absolute Gasteiger partial charge is 0.493 e. The first kappa shape index (κ1) is 21.8. The Morgan fingerprint density at radius 2 is 1.77 bits per heavy atom. The van der Waals surface area contributed by atoms with Crippen LogP contribution in [0.2, 0.25) is 0 Å². The fraction of sp³-hybridized carbons (Fsp3) is 0.538. The maximum absolute atomic E-state index is 6.24. The molecule has 0 bridgehead atoms. The summed E-state index contributed by atoms with van der Waals surface area (Å²) in [6.45, 7) is 3.78. The number of aromatic nitrogens is 2. The zero-order chi connectivity index (χ0) is 21.3. The third-order valence-corrected chi connectivity index (χ3v) is 6.60. The molecule has 1 aromatic heterocycles. The van der Waals surface area contributed by atoms with Gasteiger partial charge in [0.15, 0.2) is 0 Å². The summed E-state index contributed by atoms with van der Waals surface area (Å²) >= 11 is 0. The predicted octanol–water partition coefficient (Wildman–Crippen LogP) is 5.37. The molecule has 1 aliphatic carbocycles. The van der Waals surface area contributed by atoms with E-state index in [4.69, 9.17) is 9.47 Å². The van der Waals surface area contributed by atoms with Gasteiger partial charge >= 0.3 is 0 Å². The van der Waals surface area contributed by atoms with E-state index in [0.29, 0.717) is 11.8 Å². The number of hydrogen-bond donors (Lipinski definition) is 0. The highest BCUT2D eigenvalue weighted by atomic mass is 16.5. The van der Waals surface area contributed by atoms with Crippen LogP contribution in [-0.2, 0) is 6.54 Å². The molecule has 31 heavy (non-hydrogen) atoms. The molecule has 166 valence electrons. The zero-order valence-corrected chi connectivity index (χ0v) is 18.7. The molecule has 1 aromatic carbocycles. The van der Waals surface area contributed by atoms with Gasteiger partial charge in [-0.3, -0.25) is 9.88 Å². The Kier molecular flexibility index (Phi) is 7.94. The van der Waals surface area contributed by atoms with E-state index in [2.05, 4.69) is 51.3 Å². The van der Waals surface area contributed by atoms with Crippen molar-refractivity contribution < 1.29 is 9.47 Å². The monoisotopic (exact) mass is 421 g/mol. The van der Waals surface area contributed by atoms with Crippen LogP contribution in [-0.4, -0.2) is 41.7 Å². The van der Waals surface area contributed by atoms with Crippen LogP contribution in [0.4, 0.5) is 0 Å². The quantitative estimate of drug-likeness (QED) is 0.573. The van der Waals surface area contributed by atoms with E-state index < -0.39 is 0 Å². The molecule has 1 saturated heterocycles. The number of hydrogen-bond acceptors (Lipinski definition) is 5. The first-order chi connectivity index (χ1) is 15.3. The minimum Gasteiger partial charge on any atom is -0.493 e. The van der Waals surface area contributed by atoms with Crippen LogP contribution in [0.15, 0.2) is 42.7 Å². The van der Waals surface area contributed by atoms with Gasteiger partial charge in [-0.2, -0.15) is 0 Å². The molecule has 0 atom stereocenters. The van der Waals surface area contributed by atoms with Gasteiger partial charge in [0.2, 0.25) is 5.88 Å². The summed E-state index contributed by atoms with van der Waals surface area (Å²) in [5.41, 5.74) is 2.12. The predicted molar refractivity (Wildman–Crippen MR) is 124 cm³/mol. The zero-order valence-electron chi connectivity index (χ0n) is 18.7. The second-order valence-electron chi connectivity index (χ2n) is 8.84. The maximum atomic E-state index is 6.24. The lowest BCUT2D eigenvalue weighted by Gasteiger charge is -2.30. The number of rotatable bonds is 8. The Bertz CT molecular complexity index is 840. The van der Waals surface area contributed by atoms with Crippen molar-refractivity contribution in [2.75, 3.05) is 26.8 Å². The first-order valence-corrected chi connectivity index (χ1v) is 11.8. The highest BCUT2D eigenvalue weighted by Crippen LogP contribution is 2.28. The number of para-hydroxylation sites is 1. The van der Waals surface area contributed by atoms with Crippen LogP contribution in [0.1, 0.15) is 56.2 Å². The van der Waals surface area contributed by atoms with Crippen LogP contribution in [0.5, 0.6) is 11.6 Å². The molecule has 0 N–H and O–H groups in total. The number of benzene rings is 1. The molecule has 1 aliphatic heterocycles. The lowest BCUT2D eigenvalue weighted by atomic mass is 9.90. The molecule has 2 aliphatic rings. The van der Waals surface area contributed by atoms with Gasteiger partial charge in [0.05, 0.1) is 13.7 Å². The fourth-order valence-corrected chi connectivity index (χ4v) is 4.70. The van der Waals surface area contributed by atoms with Gasteiger partial charge in [-0.1, -0.05) is 49.6 Å². The molecular formula is C26H35N3O2. The third-order valence-electron chi connectivity index (χ3n) is 6.60. The third kappa shape index (κ3) is 6.30. The van der Waals surface area contributed by atoms with Crippen molar-refractivity contribution in [1.82, 2.24) is 14.9 Å². The summed E-state index contributed by atoms with van der Waals surface area (Å²) in [5, 5.41) is 0. The molecule has 0 radical (unpaired) electrons. The van der Waals surface area contributed by atoms with Gasteiger partial charge < -0.3 is 9.47 Å². The van der Waals surface area contributed by atoms with E-state index in [1.54, 1.807) is 19.5 Å². The smallest absolute Gasteiger partial charge is 0.236 e. The summed E-state index contributed by atoms with van der Waals surface area (Å²) in [6, 6.07) is 8.46. The second kappa shape index (κ2) is 11.3. The van der Waals surface area contributed by atoms with Crippen molar-refractivity contribution in [3.63, 3.8) is 0 Å². The Morgan fingerprint density at radius 3 is 2.58 bits per heavy atom.